The van der Waals surface area contributed by atoms with Crippen LogP contribution in [-0.4, -0.2) is 36.5 Å². The van der Waals surface area contributed by atoms with Crippen LogP contribution in [0, 0.1) is 28.6 Å². The Hall–Kier alpha value is -0.570. The van der Waals surface area contributed by atoms with E-state index in [1.807, 2.05) is 0 Å². The minimum atomic E-state index is 0.299. The van der Waals surface area contributed by atoms with Crippen LogP contribution in [0.5, 0.6) is 0 Å². The number of carbonyl (C=O) groups is 1. The van der Waals surface area contributed by atoms with Crippen LogP contribution in [0.1, 0.15) is 104 Å². The van der Waals surface area contributed by atoms with Gasteiger partial charge in [-0.1, -0.05) is 46.5 Å². The fourth-order valence-electron chi connectivity index (χ4n) is 8.52. The Morgan fingerprint density at radius 1 is 0.931 bits per heavy atom. The van der Waals surface area contributed by atoms with Crippen molar-refractivity contribution in [1.29, 1.82) is 0 Å². The van der Waals surface area contributed by atoms with Gasteiger partial charge in [0.15, 0.2) is 0 Å². The molecule has 3 aliphatic carbocycles. The third kappa shape index (κ3) is 3.79. The van der Waals surface area contributed by atoms with Crippen molar-refractivity contribution in [3.8, 4) is 0 Å². The van der Waals surface area contributed by atoms with Gasteiger partial charge in [0, 0.05) is 18.5 Å². The second kappa shape index (κ2) is 8.52. The Labute approximate surface area is 179 Å². The monoisotopic (exact) mass is 402 g/mol. The smallest absolute Gasteiger partial charge is 0.220 e. The van der Waals surface area contributed by atoms with Gasteiger partial charge in [0.1, 0.15) is 0 Å². The van der Waals surface area contributed by atoms with Gasteiger partial charge in [-0.15, -0.1) is 0 Å². The molecule has 1 aliphatic heterocycles. The lowest BCUT2D eigenvalue weighted by atomic mass is 9.47. The summed E-state index contributed by atoms with van der Waals surface area (Å²) in [4.78, 5) is 14.8. The molecule has 3 saturated carbocycles. The summed E-state index contributed by atoms with van der Waals surface area (Å²) in [6.45, 7) is 8.76. The van der Waals surface area contributed by atoms with Gasteiger partial charge in [0.25, 0.3) is 0 Å². The molecule has 0 aromatic carbocycles. The highest BCUT2D eigenvalue weighted by Gasteiger charge is 2.60. The van der Waals surface area contributed by atoms with E-state index < -0.39 is 0 Å². The molecule has 29 heavy (non-hydrogen) atoms. The lowest BCUT2D eigenvalue weighted by Gasteiger charge is -2.60. The molecule has 4 fully saturated rings. The third-order valence-electron chi connectivity index (χ3n) is 10.2. The highest BCUT2D eigenvalue weighted by molar-refractivity contribution is 5.77. The van der Waals surface area contributed by atoms with Crippen LogP contribution in [0.2, 0.25) is 0 Å². The van der Waals surface area contributed by atoms with Gasteiger partial charge < -0.3 is 10.2 Å². The molecule has 0 aromatic heterocycles. The topological polar surface area (TPSA) is 32.3 Å². The molecule has 0 bridgehead atoms. The Bertz CT molecular complexity index is 591. The summed E-state index contributed by atoms with van der Waals surface area (Å²) in [7, 11) is 2.42. The first-order valence-electron chi connectivity index (χ1n) is 12.9. The molecule has 3 nitrogen and oxygen atoms in total. The Kier molecular flexibility index (Phi) is 6.36. The Morgan fingerprint density at radius 2 is 1.69 bits per heavy atom. The predicted octanol–water partition coefficient (Wildman–Crippen LogP) is 5.78. The van der Waals surface area contributed by atoms with E-state index in [-0.39, 0.29) is 0 Å². The van der Waals surface area contributed by atoms with Crippen LogP contribution in [0.15, 0.2) is 0 Å². The van der Waals surface area contributed by atoms with Crippen LogP contribution < -0.4 is 5.32 Å². The summed E-state index contributed by atoms with van der Waals surface area (Å²) in [5.41, 5.74) is 0.863. The van der Waals surface area contributed by atoms with Gasteiger partial charge in [-0.2, -0.15) is 0 Å². The highest BCUT2D eigenvalue weighted by Crippen LogP contribution is 2.64. The fourth-order valence-corrected chi connectivity index (χ4v) is 8.52. The number of fused-ring (bicyclic) bond motifs is 5. The highest BCUT2D eigenvalue weighted by atomic mass is 16.1. The van der Waals surface area contributed by atoms with Crippen molar-refractivity contribution in [2.24, 2.45) is 28.6 Å². The lowest BCUT2D eigenvalue weighted by Crippen LogP contribution is -2.61. The molecule has 1 heterocycles. The standard InChI is InChI=1S/C26H46N2O/c1-5-6-7-8-9-18-28(4)23-13-11-20-19-10-12-22-25(2,17-15-24(29)27-22)21(19)14-16-26(20,23)3/h19-23H,5-18H2,1-4H3,(H,27,29)/t19-,20-,21-,22+,23?,25+,26-/m0/s1. The van der Waals surface area contributed by atoms with E-state index in [0.717, 1.165) is 36.6 Å². The van der Waals surface area contributed by atoms with Crippen molar-refractivity contribution in [2.45, 2.75) is 116 Å². The molecule has 0 radical (unpaired) electrons. The van der Waals surface area contributed by atoms with Gasteiger partial charge in [-0.05, 0) is 93.5 Å². The minimum absolute atomic E-state index is 0.299. The normalized spacial score (nSPS) is 44.2. The van der Waals surface area contributed by atoms with Crippen LogP contribution in [0.3, 0.4) is 0 Å². The number of hydrogen-bond acceptors (Lipinski definition) is 2. The molecular formula is C26H46N2O. The zero-order chi connectivity index (χ0) is 20.6. The summed E-state index contributed by atoms with van der Waals surface area (Å²) in [5.74, 6) is 2.93. The zero-order valence-electron chi connectivity index (χ0n) is 19.6. The van der Waals surface area contributed by atoms with Crippen LogP contribution in [0.25, 0.3) is 0 Å². The first-order valence-corrected chi connectivity index (χ1v) is 12.9. The fraction of sp³-hybridized carbons (Fsp3) is 0.962. The van der Waals surface area contributed by atoms with E-state index in [0.29, 0.717) is 22.8 Å². The van der Waals surface area contributed by atoms with Crippen molar-refractivity contribution in [3.05, 3.63) is 0 Å². The lowest BCUT2D eigenvalue weighted by molar-refractivity contribution is -0.137. The van der Waals surface area contributed by atoms with Crippen molar-refractivity contribution in [1.82, 2.24) is 10.2 Å². The van der Waals surface area contributed by atoms with Gasteiger partial charge in [-0.25, -0.2) is 0 Å². The SMILES string of the molecule is CCCCCCCN(C)C1CC[C@H]2[C@@H]3CC[C@H]4NC(=O)CC[C@]4(C)[C@H]3CC[C@]12C. The summed E-state index contributed by atoms with van der Waals surface area (Å²) < 4.78 is 0. The largest absolute Gasteiger partial charge is 0.353 e. The number of piperidine rings is 1. The van der Waals surface area contributed by atoms with Gasteiger partial charge in [0.2, 0.25) is 5.91 Å². The number of carbonyl (C=O) groups excluding carboxylic acids is 1. The maximum Gasteiger partial charge on any atom is 0.220 e. The second-order valence-corrected chi connectivity index (χ2v) is 11.6. The zero-order valence-corrected chi connectivity index (χ0v) is 19.6. The molecule has 4 aliphatic rings. The molecule has 0 aromatic rings. The summed E-state index contributed by atoms with van der Waals surface area (Å²) in [5, 5.41) is 3.38. The molecule has 1 N–H and O–H groups in total. The van der Waals surface area contributed by atoms with E-state index in [2.05, 4.69) is 38.0 Å². The third-order valence-corrected chi connectivity index (χ3v) is 10.2. The van der Waals surface area contributed by atoms with Crippen molar-refractivity contribution in [2.75, 3.05) is 13.6 Å². The molecule has 7 atom stereocenters. The number of nitrogens with one attached hydrogen (secondary N) is 1. The number of unbranched alkanes of at least 4 members (excludes halogenated alkanes) is 4. The minimum Gasteiger partial charge on any atom is -0.353 e. The van der Waals surface area contributed by atoms with Crippen molar-refractivity contribution < 1.29 is 4.79 Å². The number of amides is 1. The number of hydrogen-bond donors (Lipinski definition) is 1. The average molecular weight is 403 g/mol. The van der Waals surface area contributed by atoms with Crippen LogP contribution in [0.4, 0.5) is 0 Å². The molecule has 3 heteroatoms. The number of nitrogens with zero attached hydrogens (tertiary/aromatic N) is 1. The van der Waals surface area contributed by atoms with E-state index in [1.165, 1.54) is 77.2 Å². The molecule has 166 valence electrons. The van der Waals surface area contributed by atoms with E-state index >= 15 is 0 Å². The quantitative estimate of drug-likeness (QED) is 0.548. The molecular weight excluding hydrogens is 356 g/mol. The summed E-state index contributed by atoms with van der Waals surface area (Å²) >= 11 is 0. The van der Waals surface area contributed by atoms with Gasteiger partial charge >= 0.3 is 0 Å². The second-order valence-electron chi connectivity index (χ2n) is 11.6. The van der Waals surface area contributed by atoms with E-state index in [9.17, 15) is 4.79 Å². The average Bonchev–Trinajstić information content (AvgIpc) is 3.05. The van der Waals surface area contributed by atoms with Crippen molar-refractivity contribution >= 4 is 5.91 Å². The van der Waals surface area contributed by atoms with Gasteiger partial charge in [0.05, 0.1) is 0 Å². The maximum atomic E-state index is 12.0. The van der Waals surface area contributed by atoms with Gasteiger partial charge in [-0.3, -0.25) is 4.79 Å². The molecule has 4 rings (SSSR count). The van der Waals surface area contributed by atoms with Crippen LogP contribution in [-0.2, 0) is 4.79 Å². The molecule has 1 unspecified atom stereocenters. The first kappa shape index (κ1) is 21.7. The Balaban J connectivity index is 1.41. The molecule has 0 spiro atoms. The maximum absolute atomic E-state index is 12.0. The van der Waals surface area contributed by atoms with E-state index in [4.69, 9.17) is 0 Å². The van der Waals surface area contributed by atoms with E-state index in [1.54, 1.807) is 0 Å². The molecule has 1 saturated heterocycles. The summed E-state index contributed by atoms with van der Waals surface area (Å²) in [6, 6.07) is 1.23. The van der Waals surface area contributed by atoms with Crippen LogP contribution >= 0.6 is 0 Å². The molecule has 1 amide bonds. The number of rotatable bonds is 7. The first-order chi connectivity index (χ1) is 13.9. The Morgan fingerprint density at radius 3 is 2.48 bits per heavy atom. The summed E-state index contributed by atoms with van der Waals surface area (Å²) in [6.07, 6.45) is 17.0. The van der Waals surface area contributed by atoms with Crippen molar-refractivity contribution in [3.63, 3.8) is 0 Å². The predicted molar refractivity (Wildman–Crippen MR) is 121 cm³/mol.